The van der Waals surface area contributed by atoms with Gasteiger partial charge in [0.15, 0.2) is 6.10 Å². The fourth-order valence-electron chi connectivity index (χ4n) is 7.60. The molecular weight excluding hydrogens is 763 g/mol. The lowest BCUT2D eigenvalue weighted by Gasteiger charge is -2.30. The lowest BCUT2D eigenvalue weighted by atomic mass is 9.91. The van der Waals surface area contributed by atoms with Crippen molar-refractivity contribution in [2.24, 2.45) is 5.73 Å². The maximum atomic E-state index is 12.2. The highest BCUT2D eigenvalue weighted by Crippen LogP contribution is 2.30. The smallest absolute Gasteiger partial charge is 0.328 e. The second kappa shape index (κ2) is 30.2. The molecule has 12 heteroatoms. The number of carboxylic acids is 1. The van der Waals surface area contributed by atoms with Crippen LogP contribution in [0.1, 0.15) is 142 Å². The van der Waals surface area contributed by atoms with E-state index in [4.69, 9.17) is 25.1 Å². The van der Waals surface area contributed by atoms with E-state index < -0.39 is 30.1 Å². The van der Waals surface area contributed by atoms with Gasteiger partial charge in [0.2, 0.25) is 0 Å². The van der Waals surface area contributed by atoms with E-state index in [9.17, 15) is 19.2 Å². The molecule has 6 rings (SSSR count). The number of carboxylic acid groups (broad SMARTS) is 1. The van der Waals surface area contributed by atoms with Crippen molar-refractivity contribution in [3.8, 4) is 0 Å². The molecule has 2 saturated heterocycles. The van der Waals surface area contributed by atoms with Crippen molar-refractivity contribution in [1.82, 2.24) is 10.6 Å². The van der Waals surface area contributed by atoms with Gasteiger partial charge in [0.05, 0.1) is 39.0 Å². The number of benzene rings is 2. The molecule has 0 aromatic heterocycles. The van der Waals surface area contributed by atoms with Gasteiger partial charge in [-0.15, -0.1) is 0 Å². The number of epoxide rings is 2. The van der Waals surface area contributed by atoms with E-state index in [1.54, 1.807) is 0 Å². The molecule has 2 heterocycles. The maximum absolute atomic E-state index is 12.2. The molecular formula is C48H77N3O9. The summed E-state index contributed by atoms with van der Waals surface area (Å²) in [6, 6.07) is 19.7. The molecule has 12 nitrogen and oxygen atoms in total. The van der Waals surface area contributed by atoms with Crippen molar-refractivity contribution in [3.05, 3.63) is 71.8 Å². The predicted molar refractivity (Wildman–Crippen MR) is 236 cm³/mol. The highest BCUT2D eigenvalue weighted by atomic mass is 16.6. The molecule has 0 unspecified atom stereocenters. The zero-order chi connectivity index (χ0) is 42.8. The Kier molecular flexibility index (Phi) is 26.3. The van der Waals surface area contributed by atoms with Gasteiger partial charge in [0.25, 0.3) is 5.91 Å². The van der Waals surface area contributed by atoms with Gasteiger partial charge < -0.3 is 40.4 Å². The Morgan fingerprint density at radius 1 is 0.700 bits per heavy atom. The molecule has 6 atom stereocenters. The summed E-state index contributed by atoms with van der Waals surface area (Å²) in [7, 11) is 2.66. The number of ether oxygens (including phenoxy) is 4. The largest absolute Gasteiger partial charge is 0.481 e. The van der Waals surface area contributed by atoms with E-state index in [1.165, 1.54) is 78.4 Å². The number of esters is 2. The summed E-state index contributed by atoms with van der Waals surface area (Å²) in [5, 5.41) is 15.0. The summed E-state index contributed by atoms with van der Waals surface area (Å²) < 4.78 is 19.8. The fourth-order valence-corrected chi connectivity index (χ4v) is 7.60. The summed E-state index contributed by atoms with van der Waals surface area (Å²) in [5.74, 6) is -1.80. The molecule has 5 N–H and O–H groups in total. The Hall–Kier alpha value is -3.84. The highest BCUT2D eigenvalue weighted by molar-refractivity contribution is 5.88. The number of hydrogen-bond donors (Lipinski definition) is 4. The zero-order valence-corrected chi connectivity index (χ0v) is 36.1. The second-order valence-corrected chi connectivity index (χ2v) is 16.1. The Labute approximate surface area is 360 Å². The minimum atomic E-state index is -0.756. The van der Waals surface area contributed by atoms with Gasteiger partial charge in [-0.1, -0.05) is 146 Å². The second-order valence-electron chi connectivity index (χ2n) is 16.1. The molecule has 2 aromatic rings. The monoisotopic (exact) mass is 840 g/mol. The number of carbonyl (C=O) groups excluding carboxylic acids is 3. The number of hydrogen-bond acceptors (Lipinski definition) is 10. The maximum Gasteiger partial charge on any atom is 0.328 e. The summed E-state index contributed by atoms with van der Waals surface area (Å²) in [5.41, 5.74) is 7.60. The zero-order valence-electron chi connectivity index (χ0n) is 36.1. The van der Waals surface area contributed by atoms with Crippen molar-refractivity contribution in [2.45, 2.75) is 192 Å². The van der Waals surface area contributed by atoms with Crippen LogP contribution < -0.4 is 16.4 Å². The van der Waals surface area contributed by atoms with Crippen LogP contribution in [0.3, 0.4) is 0 Å². The van der Waals surface area contributed by atoms with Crippen LogP contribution in [0, 0.1) is 0 Å². The van der Waals surface area contributed by atoms with Gasteiger partial charge >= 0.3 is 17.9 Å². The number of methoxy groups -OCH3 is 2. The Morgan fingerprint density at radius 3 is 1.65 bits per heavy atom. The molecule has 0 radical (unpaired) electrons. The third kappa shape index (κ3) is 21.6. The first kappa shape index (κ1) is 52.3. The summed E-state index contributed by atoms with van der Waals surface area (Å²) in [6.45, 7) is 4.22. The molecule has 2 aliphatic heterocycles. The number of aliphatic carboxylic acids is 1. The van der Waals surface area contributed by atoms with Crippen molar-refractivity contribution < 1.29 is 43.2 Å². The van der Waals surface area contributed by atoms with Crippen LogP contribution >= 0.6 is 0 Å². The SMILES string of the molecule is C.C1CCC(NC2CCCCC2)CC1.CCCC[C@H]1O[C@@H]1C(=O)N[C@@H](Cc1ccccc1)C(=O)OC.CCCC[C@H]1O[C@@H]1CC(=O)O.COC(=O)[C@@H](N)Cc1ccccc1. The molecule has 2 saturated carbocycles. The van der Waals surface area contributed by atoms with E-state index in [1.807, 2.05) is 60.7 Å². The van der Waals surface area contributed by atoms with Crippen LogP contribution in [-0.2, 0) is 51.0 Å². The van der Waals surface area contributed by atoms with Crippen molar-refractivity contribution >= 4 is 23.8 Å². The number of nitrogens with one attached hydrogen (secondary N) is 2. The molecule has 4 aliphatic rings. The highest BCUT2D eigenvalue weighted by Gasteiger charge is 2.45. The van der Waals surface area contributed by atoms with Gasteiger partial charge in [0.1, 0.15) is 12.1 Å². The van der Waals surface area contributed by atoms with Crippen molar-refractivity contribution in [1.29, 1.82) is 0 Å². The quantitative estimate of drug-likeness (QED) is 0.0847. The fraction of sp³-hybridized carbons (Fsp3) is 0.667. The molecule has 2 aromatic carbocycles. The van der Waals surface area contributed by atoms with E-state index in [-0.39, 0.29) is 44.0 Å². The number of unbranched alkanes of at least 4 members (excludes halogenated alkanes) is 2. The van der Waals surface area contributed by atoms with Crippen molar-refractivity contribution in [3.63, 3.8) is 0 Å². The summed E-state index contributed by atoms with van der Waals surface area (Å²) >= 11 is 0. The van der Waals surface area contributed by atoms with Crippen molar-refractivity contribution in [2.75, 3.05) is 14.2 Å². The molecule has 338 valence electrons. The third-order valence-electron chi connectivity index (χ3n) is 11.2. The Bertz CT molecular complexity index is 1450. The summed E-state index contributed by atoms with van der Waals surface area (Å²) in [4.78, 5) is 45.2. The van der Waals surface area contributed by atoms with Gasteiger partial charge in [0, 0.05) is 18.5 Å². The Morgan fingerprint density at radius 2 is 1.18 bits per heavy atom. The van der Waals surface area contributed by atoms with Gasteiger partial charge in [-0.3, -0.25) is 14.4 Å². The standard InChI is InChI=1S/C17H23NO4.C12H23N.C10H13NO2.C8H14O3.CH4/c1-3-4-10-14-15(22-14)16(19)18-13(17(20)21-2)11-12-8-6-5-7-9-12;1-3-7-11(8-4-1)13-12-9-5-2-6-10-12;1-13-10(12)9(11)7-8-5-3-2-4-6-8;1-2-3-4-6-7(11-6)5-8(9)10;/h5-9,13-15H,3-4,10-11H2,1-2H3,(H,18,19);11-13H,1-10H2;2-6,9H,7,11H2,1H3;6-7H,2-5H2,1H3,(H,9,10);1H4/t13-,14+,15-;;9-;6-,7-;/m0.01./s1. The van der Waals surface area contributed by atoms with Crippen LogP contribution in [0.4, 0.5) is 0 Å². The average molecular weight is 840 g/mol. The first-order valence-corrected chi connectivity index (χ1v) is 22.2. The number of amides is 1. The van der Waals surface area contributed by atoms with Crippen LogP contribution in [0.5, 0.6) is 0 Å². The molecule has 0 bridgehead atoms. The first-order chi connectivity index (χ1) is 28.6. The number of rotatable bonds is 18. The number of carbonyl (C=O) groups is 4. The molecule has 2 aliphatic carbocycles. The van der Waals surface area contributed by atoms with Gasteiger partial charge in [-0.2, -0.15) is 0 Å². The topological polar surface area (TPSA) is 182 Å². The van der Waals surface area contributed by atoms with E-state index >= 15 is 0 Å². The van der Waals surface area contributed by atoms with E-state index in [0.29, 0.717) is 12.8 Å². The van der Waals surface area contributed by atoms with Crippen LogP contribution in [0.2, 0.25) is 0 Å². The minimum absolute atomic E-state index is 0. The normalized spacial score (nSPS) is 21.6. The van der Waals surface area contributed by atoms with Gasteiger partial charge in [-0.05, 0) is 56.1 Å². The summed E-state index contributed by atoms with van der Waals surface area (Å²) in [6.07, 6.45) is 21.8. The van der Waals surface area contributed by atoms with E-state index in [0.717, 1.165) is 61.7 Å². The predicted octanol–water partition coefficient (Wildman–Crippen LogP) is 7.87. The molecule has 0 spiro atoms. The van der Waals surface area contributed by atoms with Crippen LogP contribution in [0.25, 0.3) is 0 Å². The number of nitrogens with two attached hydrogens (primary N) is 1. The van der Waals surface area contributed by atoms with Gasteiger partial charge in [-0.25, -0.2) is 4.79 Å². The van der Waals surface area contributed by atoms with E-state index in [2.05, 4.69) is 29.2 Å². The third-order valence-corrected chi connectivity index (χ3v) is 11.2. The lowest BCUT2D eigenvalue weighted by molar-refractivity contribution is -0.145. The molecule has 1 amide bonds. The lowest BCUT2D eigenvalue weighted by Crippen LogP contribution is -2.45. The first-order valence-electron chi connectivity index (χ1n) is 22.2. The van der Waals surface area contributed by atoms with Crippen LogP contribution in [0.15, 0.2) is 60.7 Å². The molecule has 4 fully saturated rings. The average Bonchev–Trinajstić information content (AvgIpc) is 4.20. The van der Waals surface area contributed by atoms with Crippen LogP contribution in [-0.4, -0.2) is 91.7 Å². The molecule has 60 heavy (non-hydrogen) atoms. The Balaban J connectivity index is 0.000000286. The minimum Gasteiger partial charge on any atom is -0.481 e.